The first-order valence-electron chi connectivity index (χ1n) is 5.05. The standard InChI is InChI=1S/C13H7Cl2NO/c14-8-5-6-12-10(7-8)16-13(15)9-3-1-2-4-11(9)17-12/h1-7H. The number of para-hydroxylation sites is 1. The molecule has 2 aromatic rings. The van der Waals surface area contributed by atoms with Gasteiger partial charge < -0.3 is 4.74 Å². The van der Waals surface area contributed by atoms with Crippen molar-refractivity contribution in [2.24, 2.45) is 4.99 Å². The van der Waals surface area contributed by atoms with Crippen LogP contribution in [0, 0.1) is 0 Å². The normalized spacial score (nSPS) is 12.9. The van der Waals surface area contributed by atoms with Crippen LogP contribution in [0.3, 0.4) is 0 Å². The van der Waals surface area contributed by atoms with Crippen LogP contribution in [0.25, 0.3) is 0 Å². The Morgan fingerprint density at radius 3 is 2.65 bits per heavy atom. The molecule has 3 rings (SSSR count). The molecule has 17 heavy (non-hydrogen) atoms. The lowest BCUT2D eigenvalue weighted by Gasteiger charge is -2.07. The molecule has 1 aliphatic rings. The molecule has 0 radical (unpaired) electrons. The van der Waals surface area contributed by atoms with Gasteiger partial charge in [0.25, 0.3) is 0 Å². The zero-order valence-electron chi connectivity index (χ0n) is 8.65. The molecule has 0 fully saturated rings. The van der Waals surface area contributed by atoms with Gasteiger partial charge in [0.2, 0.25) is 0 Å². The first-order chi connectivity index (χ1) is 8.24. The van der Waals surface area contributed by atoms with E-state index in [2.05, 4.69) is 4.99 Å². The Balaban J connectivity index is 2.24. The Bertz CT molecular complexity index is 623. The van der Waals surface area contributed by atoms with E-state index in [9.17, 15) is 0 Å². The molecule has 0 atom stereocenters. The summed E-state index contributed by atoms with van der Waals surface area (Å²) in [4.78, 5) is 4.31. The minimum Gasteiger partial charge on any atom is -0.454 e. The highest BCUT2D eigenvalue weighted by atomic mass is 35.5. The molecule has 4 heteroatoms. The molecule has 1 heterocycles. The van der Waals surface area contributed by atoms with Gasteiger partial charge in [-0.2, -0.15) is 0 Å². The quantitative estimate of drug-likeness (QED) is 0.672. The van der Waals surface area contributed by atoms with Gasteiger partial charge in [-0.05, 0) is 30.3 Å². The fourth-order valence-electron chi connectivity index (χ4n) is 1.67. The highest BCUT2D eigenvalue weighted by Gasteiger charge is 2.16. The summed E-state index contributed by atoms with van der Waals surface area (Å²) in [5.74, 6) is 1.35. The second-order valence-electron chi connectivity index (χ2n) is 3.61. The number of benzene rings is 2. The molecule has 0 aromatic heterocycles. The van der Waals surface area contributed by atoms with Gasteiger partial charge in [-0.15, -0.1) is 0 Å². The predicted octanol–water partition coefficient (Wildman–Crippen LogP) is 4.76. The molecular weight excluding hydrogens is 257 g/mol. The van der Waals surface area contributed by atoms with E-state index in [0.29, 0.717) is 27.4 Å². The van der Waals surface area contributed by atoms with E-state index in [1.165, 1.54) is 0 Å². The molecule has 0 saturated carbocycles. The van der Waals surface area contributed by atoms with E-state index in [-0.39, 0.29) is 0 Å². The van der Waals surface area contributed by atoms with Crippen molar-refractivity contribution in [1.29, 1.82) is 0 Å². The number of hydrogen-bond donors (Lipinski definition) is 0. The average Bonchev–Trinajstić information content (AvgIpc) is 2.46. The van der Waals surface area contributed by atoms with Gasteiger partial charge in [0.05, 0.1) is 5.56 Å². The van der Waals surface area contributed by atoms with E-state index >= 15 is 0 Å². The topological polar surface area (TPSA) is 21.6 Å². The van der Waals surface area contributed by atoms with Crippen molar-refractivity contribution >= 4 is 34.1 Å². The number of halogens is 2. The van der Waals surface area contributed by atoms with Crippen LogP contribution in [-0.4, -0.2) is 5.17 Å². The van der Waals surface area contributed by atoms with Gasteiger partial charge in [0.1, 0.15) is 16.6 Å². The molecule has 1 aliphatic heterocycles. The Morgan fingerprint density at radius 1 is 0.941 bits per heavy atom. The summed E-state index contributed by atoms with van der Waals surface area (Å²) >= 11 is 12.1. The van der Waals surface area contributed by atoms with Crippen LogP contribution in [0.5, 0.6) is 11.5 Å². The monoisotopic (exact) mass is 263 g/mol. The Hall–Kier alpha value is -1.51. The summed E-state index contributed by atoms with van der Waals surface area (Å²) < 4.78 is 5.77. The number of nitrogens with zero attached hydrogens (tertiary/aromatic N) is 1. The zero-order chi connectivity index (χ0) is 11.8. The second-order valence-corrected chi connectivity index (χ2v) is 4.41. The maximum Gasteiger partial charge on any atom is 0.153 e. The minimum absolute atomic E-state index is 0.404. The molecule has 2 nitrogen and oxygen atoms in total. The Labute approximate surface area is 108 Å². The summed E-state index contributed by atoms with van der Waals surface area (Å²) in [7, 11) is 0. The first kappa shape index (κ1) is 10.6. The lowest BCUT2D eigenvalue weighted by Crippen LogP contribution is -1.92. The minimum atomic E-state index is 0.404. The predicted molar refractivity (Wildman–Crippen MR) is 70.0 cm³/mol. The molecule has 0 unspecified atom stereocenters. The second kappa shape index (κ2) is 4.06. The summed E-state index contributed by atoms with van der Waals surface area (Å²) in [6.07, 6.45) is 0. The van der Waals surface area contributed by atoms with Crippen molar-refractivity contribution in [3.8, 4) is 11.5 Å². The maximum absolute atomic E-state index is 6.16. The van der Waals surface area contributed by atoms with Crippen molar-refractivity contribution in [2.45, 2.75) is 0 Å². The number of rotatable bonds is 0. The van der Waals surface area contributed by atoms with E-state index in [0.717, 1.165) is 5.56 Å². The summed E-state index contributed by atoms with van der Waals surface area (Å²) in [6.45, 7) is 0. The van der Waals surface area contributed by atoms with Gasteiger partial charge in [0, 0.05) is 5.02 Å². The molecule has 2 aromatic carbocycles. The molecule has 0 saturated heterocycles. The van der Waals surface area contributed by atoms with Crippen LogP contribution < -0.4 is 4.74 Å². The summed E-state index contributed by atoms with van der Waals surface area (Å²) in [5, 5.41) is 1.01. The van der Waals surface area contributed by atoms with Crippen molar-refractivity contribution in [3.63, 3.8) is 0 Å². The third-order valence-electron chi connectivity index (χ3n) is 2.47. The highest BCUT2D eigenvalue weighted by Crippen LogP contribution is 2.39. The molecular formula is C13H7Cl2NO. The van der Waals surface area contributed by atoms with Crippen LogP contribution in [0.1, 0.15) is 5.56 Å². The zero-order valence-corrected chi connectivity index (χ0v) is 10.2. The number of hydrogen-bond acceptors (Lipinski definition) is 2. The lowest BCUT2D eigenvalue weighted by atomic mass is 10.2. The van der Waals surface area contributed by atoms with Crippen LogP contribution in [0.2, 0.25) is 5.02 Å². The van der Waals surface area contributed by atoms with E-state index in [4.69, 9.17) is 27.9 Å². The van der Waals surface area contributed by atoms with Crippen LogP contribution >= 0.6 is 23.2 Å². The van der Waals surface area contributed by atoms with Crippen LogP contribution in [0.4, 0.5) is 5.69 Å². The molecule has 0 aliphatic carbocycles. The Kier molecular flexibility index (Phi) is 2.54. The van der Waals surface area contributed by atoms with E-state index in [1.54, 1.807) is 18.2 Å². The molecule has 0 N–H and O–H groups in total. The summed E-state index contributed by atoms with van der Waals surface area (Å²) in [6, 6.07) is 12.8. The SMILES string of the molecule is ClC1=Nc2cc(Cl)ccc2Oc2ccccc21. The molecule has 0 amide bonds. The van der Waals surface area contributed by atoms with Gasteiger partial charge in [0.15, 0.2) is 5.75 Å². The summed E-state index contributed by atoms with van der Waals surface area (Å²) in [5.41, 5.74) is 1.42. The van der Waals surface area contributed by atoms with E-state index < -0.39 is 0 Å². The number of fused-ring (bicyclic) bond motifs is 2. The van der Waals surface area contributed by atoms with Gasteiger partial charge >= 0.3 is 0 Å². The fourth-order valence-corrected chi connectivity index (χ4v) is 2.09. The van der Waals surface area contributed by atoms with Crippen LogP contribution in [0.15, 0.2) is 47.5 Å². The third-order valence-corrected chi connectivity index (χ3v) is 2.99. The average molecular weight is 264 g/mol. The first-order valence-corrected chi connectivity index (χ1v) is 5.80. The number of ether oxygens (including phenoxy) is 1. The van der Waals surface area contributed by atoms with Crippen molar-refractivity contribution < 1.29 is 4.74 Å². The van der Waals surface area contributed by atoms with Gasteiger partial charge in [-0.3, -0.25) is 0 Å². The van der Waals surface area contributed by atoms with Crippen molar-refractivity contribution in [2.75, 3.05) is 0 Å². The smallest absolute Gasteiger partial charge is 0.153 e. The van der Waals surface area contributed by atoms with E-state index in [1.807, 2.05) is 24.3 Å². The van der Waals surface area contributed by atoms with Crippen LogP contribution in [-0.2, 0) is 0 Å². The van der Waals surface area contributed by atoms with Gasteiger partial charge in [-0.1, -0.05) is 35.3 Å². The fraction of sp³-hybridized carbons (Fsp3) is 0. The Morgan fingerprint density at radius 2 is 1.76 bits per heavy atom. The molecule has 0 spiro atoms. The third kappa shape index (κ3) is 1.90. The molecule has 0 bridgehead atoms. The lowest BCUT2D eigenvalue weighted by molar-refractivity contribution is 0.485. The van der Waals surface area contributed by atoms with Crippen molar-refractivity contribution in [3.05, 3.63) is 53.1 Å². The molecule has 84 valence electrons. The highest BCUT2D eigenvalue weighted by molar-refractivity contribution is 6.70. The number of aliphatic imine (C=N–C) groups is 1. The van der Waals surface area contributed by atoms with Gasteiger partial charge in [-0.25, -0.2) is 4.99 Å². The maximum atomic E-state index is 6.16. The van der Waals surface area contributed by atoms with Crippen molar-refractivity contribution in [1.82, 2.24) is 0 Å². The largest absolute Gasteiger partial charge is 0.454 e.